The molecule has 0 spiro atoms. The van der Waals surface area contributed by atoms with Crippen LogP contribution < -0.4 is 9.62 Å². The maximum absolute atomic E-state index is 13.5. The number of carbonyl (C=O) groups excluding carboxylic acids is 1. The minimum Gasteiger partial charge on any atom is -0.320 e. The molecule has 0 radical (unpaired) electrons. The highest BCUT2D eigenvalue weighted by Gasteiger charge is 2.36. The first-order chi connectivity index (χ1) is 14.7. The van der Waals surface area contributed by atoms with E-state index in [4.69, 9.17) is 0 Å². The van der Waals surface area contributed by atoms with E-state index in [1.165, 1.54) is 16.4 Å². The number of carbonyl (C=O) groups is 1. The van der Waals surface area contributed by atoms with Crippen molar-refractivity contribution < 1.29 is 13.2 Å². The number of amides is 1. The van der Waals surface area contributed by atoms with Gasteiger partial charge in [0.1, 0.15) is 0 Å². The Hall–Kier alpha value is -3.19. The number of rotatable bonds is 4. The summed E-state index contributed by atoms with van der Waals surface area (Å²) in [6.45, 7) is 7.54. The Balaban J connectivity index is 1.67. The maximum atomic E-state index is 13.5. The van der Waals surface area contributed by atoms with Gasteiger partial charge in [0, 0.05) is 17.3 Å². The third kappa shape index (κ3) is 3.81. The highest BCUT2D eigenvalue weighted by molar-refractivity contribution is 7.92. The molecule has 1 amide bonds. The van der Waals surface area contributed by atoms with E-state index in [0.29, 0.717) is 17.8 Å². The molecule has 0 aliphatic carbocycles. The normalized spacial score (nSPS) is 15.6. The van der Waals surface area contributed by atoms with Crippen molar-refractivity contribution in [1.29, 1.82) is 0 Å². The molecule has 0 saturated carbocycles. The number of aromatic nitrogens is 1. The van der Waals surface area contributed by atoms with Crippen molar-refractivity contribution in [3.63, 3.8) is 0 Å². The van der Waals surface area contributed by atoms with Crippen molar-refractivity contribution in [1.82, 2.24) is 4.98 Å². The average molecular weight is 436 g/mol. The smallest absolute Gasteiger partial charge is 0.264 e. The SMILES string of the molecule is Cc1cc(C)c(NC(=O)c2cccc(S(=O)(=O)N3c4ccccc4CC3C)c2)c(C)n1. The second-order valence-electron chi connectivity index (χ2n) is 8.01. The van der Waals surface area contributed by atoms with E-state index in [1.807, 2.05) is 58.0 Å². The zero-order valence-electron chi connectivity index (χ0n) is 18.0. The van der Waals surface area contributed by atoms with Crippen LogP contribution in [-0.4, -0.2) is 25.4 Å². The molecular weight excluding hydrogens is 410 g/mol. The van der Waals surface area contributed by atoms with Crippen LogP contribution in [0, 0.1) is 20.8 Å². The molecule has 31 heavy (non-hydrogen) atoms. The fourth-order valence-corrected chi connectivity index (χ4v) is 5.95. The topological polar surface area (TPSA) is 79.4 Å². The largest absolute Gasteiger partial charge is 0.320 e. The third-order valence-corrected chi connectivity index (χ3v) is 7.49. The molecule has 0 fully saturated rings. The Bertz CT molecular complexity index is 1260. The summed E-state index contributed by atoms with van der Waals surface area (Å²) in [6, 6.07) is 15.4. The number of aryl methyl sites for hydroxylation is 3. The molecule has 6 nitrogen and oxygen atoms in total. The maximum Gasteiger partial charge on any atom is 0.264 e. The zero-order valence-corrected chi connectivity index (χ0v) is 18.8. The van der Waals surface area contributed by atoms with Gasteiger partial charge in [0.15, 0.2) is 0 Å². The molecule has 1 unspecified atom stereocenters. The van der Waals surface area contributed by atoms with Crippen molar-refractivity contribution in [2.24, 2.45) is 0 Å². The molecule has 1 aliphatic rings. The first-order valence-corrected chi connectivity index (χ1v) is 11.6. The van der Waals surface area contributed by atoms with Gasteiger partial charge in [0.25, 0.3) is 15.9 Å². The number of benzene rings is 2. The molecule has 160 valence electrons. The molecule has 4 rings (SSSR count). The van der Waals surface area contributed by atoms with Crippen molar-refractivity contribution in [3.05, 3.63) is 82.7 Å². The highest BCUT2D eigenvalue weighted by Crippen LogP contribution is 2.36. The first-order valence-electron chi connectivity index (χ1n) is 10.2. The summed E-state index contributed by atoms with van der Waals surface area (Å²) in [5.74, 6) is -0.372. The Morgan fingerprint density at radius 3 is 2.55 bits per heavy atom. The monoisotopic (exact) mass is 435 g/mol. The Morgan fingerprint density at radius 1 is 1.06 bits per heavy atom. The molecule has 1 N–H and O–H groups in total. The quantitative estimate of drug-likeness (QED) is 0.659. The van der Waals surface area contributed by atoms with E-state index < -0.39 is 10.0 Å². The van der Waals surface area contributed by atoms with Crippen molar-refractivity contribution in [2.45, 2.75) is 45.1 Å². The minimum absolute atomic E-state index is 0.0965. The van der Waals surface area contributed by atoms with Crippen LogP contribution in [0.15, 0.2) is 59.5 Å². The van der Waals surface area contributed by atoms with Crippen LogP contribution in [-0.2, 0) is 16.4 Å². The molecule has 7 heteroatoms. The van der Waals surface area contributed by atoms with Crippen LogP contribution >= 0.6 is 0 Å². The van der Waals surface area contributed by atoms with Gasteiger partial charge < -0.3 is 5.32 Å². The molecule has 1 atom stereocenters. The van der Waals surface area contributed by atoms with Crippen LogP contribution in [0.4, 0.5) is 11.4 Å². The number of sulfonamides is 1. The molecule has 1 aliphatic heterocycles. The van der Waals surface area contributed by atoms with Crippen LogP contribution in [0.25, 0.3) is 0 Å². The third-order valence-electron chi connectivity index (χ3n) is 5.56. The fraction of sp³-hybridized carbons (Fsp3) is 0.250. The summed E-state index contributed by atoms with van der Waals surface area (Å²) >= 11 is 0. The summed E-state index contributed by atoms with van der Waals surface area (Å²) < 4.78 is 28.4. The highest BCUT2D eigenvalue weighted by atomic mass is 32.2. The van der Waals surface area contributed by atoms with Crippen molar-refractivity contribution in [2.75, 3.05) is 9.62 Å². The summed E-state index contributed by atoms with van der Waals surface area (Å²) in [6.07, 6.45) is 0.661. The summed E-state index contributed by atoms with van der Waals surface area (Å²) in [7, 11) is -3.81. The molecule has 2 heterocycles. The van der Waals surface area contributed by atoms with Crippen LogP contribution in [0.1, 0.15) is 39.8 Å². The Morgan fingerprint density at radius 2 is 1.81 bits per heavy atom. The van der Waals surface area contributed by atoms with Gasteiger partial charge in [0.2, 0.25) is 0 Å². The number of para-hydroxylation sites is 1. The van der Waals surface area contributed by atoms with Crippen LogP contribution in [0.2, 0.25) is 0 Å². The first kappa shape index (κ1) is 21.1. The van der Waals surface area contributed by atoms with E-state index in [2.05, 4.69) is 10.3 Å². The molecule has 0 saturated heterocycles. The molecule has 0 bridgehead atoms. The predicted molar refractivity (Wildman–Crippen MR) is 122 cm³/mol. The van der Waals surface area contributed by atoms with Crippen LogP contribution in [0.5, 0.6) is 0 Å². The second-order valence-corrected chi connectivity index (χ2v) is 9.82. The molecular formula is C24H25N3O3S. The van der Waals surface area contributed by atoms with Gasteiger partial charge in [-0.05, 0) is 75.6 Å². The minimum atomic E-state index is -3.81. The van der Waals surface area contributed by atoms with Crippen LogP contribution in [0.3, 0.4) is 0 Å². The standard InChI is InChI=1S/C24H25N3O3S/c1-15-12-16(2)25-18(4)23(15)26-24(28)20-9-7-10-21(14-20)31(29,30)27-17(3)13-19-8-5-6-11-22(19)27/h5-12,14,17H,13H2,1-4H3,(H,26,28). The van der Waals surface area contributed by atoms with Crippen molar-refractivity contribution >= 4 is 27.3 Å². The number of nitrogens with one attached hydrogen (secondary N) is 1. The molecule has 3 aromatic rings. The Labute approximate surface area is 183 Å². The lowest BCUT2D eigenvalue weighted by Crippen LogP contribution is -2.35. The van der Waals surface area contributed by atoms with E-state index in [1.54, 1.807) is 12.1 Å². The fourth-order valence-electron chi connectivity index (χ4n) is 4.21. The van der Waals surface area contributed by atoms with Gasteiger partial charge in [0.05, 0.1) is 22.0 Å². The molecule has 2 aromatic carbocycles. The number of hydrogen-bond donors (Lipinski definition) is 1. The van der Waals surface area contributed by atoms with E-state index in [-0.39, 0.29) is 22.4 Å². The number of anilines is 2. The summed E-state index contributed by atoms with van der Waals surface area (Å²) in [5, 5.41) is 2.88. The van der Waals surface area contributed by atoms with E-state index >= 15 is 0 Å². The summed E-state index contributed by atoms with van der Waals surface area (Å²) in [5.41, 5.74) is 5.13. The van der Waals surface area contributed by atoms with Gasteiger partial charge in [-0.2, -0.15) is 0 Å². The Kier molecular flexibility index (Phi) is 5.31. The number of nitrogens with zero attached hydrogens (tertiary/aromatic N) is 2. The van der Waals surface area contributed by atoms with Gasteiger partial charge >= 0.3 is 0 Å². The lowest BCUT2D eigenvalue weighted by atomic mass is 10.1. The number of fused-ring (bicyclic) bond motifs is 1. The zero-order chi connectivity index (χ0) is 22.3. The van der Waals surface area contributed by atoms with E-state index in [9.17, 15) is 13.2 Å². The van der Waals surface area contributed by atoms with Gasteiger partial charge in [-0.15, -0.1) is 0 Å². The van der Waals surface area contributed by atoms with Crippen molar-refractivity contribution in [3.8, 4) is 0 Å². The summed E-state index contributed by atoms with van der Waals surface area (Å²) in [4.78, 5) is 17.4. The van der Waals surface area contributed by atoms with Gasteiger partial charge in [-0.25, -0.2) is 8.42 Å². The van der Waals surface area contributed by atoms with Gasteiger partial charge in [-0.3, -0.25) is 14.1 Å². The lowest BCUT2D eigenvalue weighted by Gasteiger charge is -2.24. The molecule has 1 aromatic heterocycles. The van der Waals surface area contributed by atoms with E-state index in [0.717, 1.165) is 22.5 Å². The number of pyridine rings is 1. The number of hydrogen-bond acceptors (Lipinski definition) is 4. The average Bonchev–Trinajstić information content (AvgIpc) is 3.07. The van der Waals surface area contributed by atoms with Gasteiger partial charge in [-0.1, -0.05) is 24.3 Å². The lowest BCUT2D eigenvalue weighted by molar-refractivity contribution is 0.102. The predicted octanol–water partition coefficient (Wildman–Crippen LogP) is 4.40. The second kappa shape index (κ2) is 7.81.